The highest BCUT2D eigenvalue weighted by molar-refractivity contribution is 14.1. The number of benzene rings is 2. The van der Waals surface area contributed by atoms with Gasteiger partial charge in [-0.05, 0) is 66.8 Å². The lowest BCUT2D eigenvalue weighted by molar-refractivity contribution is 0.102. The molecule has 0 radical (unpaired) electrons. The van der Waals surface area contributed by atoms with Gasteiger partial charge in [-0.15, -0.1) is 0 Å². The standard InChI is InChI=1S/C16H16ClIN2O/c1-10(2)19-14-6-4-3-5-12(14)16(21)20-15-8-7-11(18)9-13(15)17/h3-10,19H,1-2H3,(H,20,21). The minimum atomic E-state index is -0.179. The first-order valence-corrected chi connectivity index (χ1v) is 8.05. The molecule has 0 heterocycles. The second-order valence-electron chi connectivity index (χ2n) is 4.92. The number of anilines is 2. The minimum absolute atomic E-state index is 0.179. The molecule has 0 aliphatic heterocycles. The Morgan fingerprint density at radius 1 is 1.14 bits per heavy atom. The molecular weight excluding hydrogens is 399 g/mol. The van der Waals surface area contributed by atoms with Crippen LogP contribution in [0.2, 0.25) is 5.02 Å². The number of para-hydroxylation sites is 1. The summed E-state index contributed by atoms with van der Waals surface area (Å²) in [6.07, 6.45) is 0. The van der Waals surface area contributed by atoms with Gasteiger partial charge in [0.15, 0.2) is 0 Å². The third-order valence-corrected chi connectivity index (χ3v) is 3.78. The fraction of sp³-hybridized carbons (Fsp3) is 0.188. The van der Waals surface area contributed by atoms with Gasteiger partial charge in [-0.1, -0.05) is 23.7 Å². The molecule has 2 aromatic rings. The summed E-state index contributed by atoms with van der Waals surface area (Å²) in [6, 6.07) is 13.2. The first-order valence-electron chi connectivity index (χ1n) is 6.59. The highest BCUT2D eigenvalue weighted by Crippen LogP contribution is 2.25. The monoisotopic (exact) mass is 414 g/mol. The van der Waals surface area contributed by atoms with E-state index in [-0.39, 0.29) is 11.9 Å². The average Bonchev–Trinajstić information content (AvgIpc) is 2.42. The van der Waals surface area contributed by atoms with Crippen LogP contribution in [0.4, 0.5) is 11.4 Å². The summed E-state index contributed by atoms with van der Waals surface area (Å²) >= 11 is 8.33. The van der Waals surface area contributed by atoms with Gasteiger partial charge in [0, 0.05) is 15.3 Å². The van der Waals surface area contributed by atoms with Gasteiger partial charge in [0.2, 0.25) is 0 Å². The summed E-state index contributed by atoms with van der Waals surface area (Å²) in [5, 5.41) is 6.65. The zero-order chi connectivity index (χ0) is 15.4. The zero-order valence-electron chi connectivity index (χ0n) is 11.8. The summed E-state index contributed by atoms with van der Waals surface area (Å²) in [4.78, 5) is 12.4. The number of hydrogen-bond donors (Lipinski definition) is 2. The molecule has 0 aliphatic carbocycles. The van der Waals surface area contributed by atoms with Crippen LogP contribution in [0.5, 0.6) is 0 Å². The number of amides is 1. The van der Waals surface area contributed by atoms with Gasteiger partial charge < -0.3 is 10.6 Å². The number of carbonyl (C=O) groups excluding carboxylic acids is 1. The molecule has 2 aromatic carbocycles. The molecule has 0 fully saturated rings. The molecule has 0 atom stereocenters. The van der Waals surface area contributed by atoms with Gasteiger partial charge in [0.25, 0.3) is 5.91 Å². The van der Waals surface area contributed by atoms with Gasteiger partial charge in [-0.25, -0.2) is 0 Å². The second-order valence-corrected chi connectivity index (χ2v) is 6.58. The van der Waals surface area contributed by atoms with Crippen molar-refractivity contribution in [3.05, 3.63) is 56.6 Å². The molecule has 0 bridgehead atoms. The summed E-state index contributed by atoms with van der Waals surface area (Å²) in [7, 11) is 0. The number of nitrogens with one attached hydrogen (secondary N) is 2. The maximum absolute atomic E-state index is 12.4. The highest BCUT2D eigenvalue weighted by Gasteiger charge is 2.13. The topological polar surface area (TPSA) is 41.1 Å². The zero-order valence-corrected chi connectivity index (χ0v) is 14.7. The molecule has 110 valence electrons. The molecule has 0 aliphatic rings. The fourth-order valence-electron chi connectivity index (χ4n) is 1.90. The van der Waals surface area contributed by atoms with Crippen LogP contribution in [-0.2, 0) is 0 Å². The van der Waals surface area contributed by atoms with Crippen molar-refractivity contribution in [3.63, 3.8) is 0 Å². The third kappa shape index (κ3) is 4.35. The second kappa shape index (κ2) is 7.13. The molecule has 2 N–H and O–H groups in total. The van der Waals surface area contributed by atoms with Crippen LogP contribution in [0, 0.1) is 3.57 Å². The Morgan fingerprint density at radius 3 is 2.52 bits per heavy atom. The molecule has 2 rings (SSSR count). The van der Waals surface area contributed by atoms with E-state index in [1.54, 1.807) is 12.1 Å². The van der Waals surface area contributed by atoms with Gasteiger partial charge in [0.1, 0.15) is 0 Å². The van der Waals surface area contributed by atoms with Crippen LogP contribution in [-0.4, -0.2) is 11.9 Å². The number of halogens is 2. The lowest BCUT2D eigenvalue weighted by Crippen LogP contribution is -2.17. The molecule has 0 unspecified atom stereocenters. The van der Waals surface area contributed by atoms with Crippen molar-refractivity contribution in [2.75, 3.05) is 10.6 Å². The third-order valence-electron chi connectivity index (χ3n) is 2.80. The molecule has 21 heavy (non-hydrogen) atoms. The van der Waals surface area contributed by atoms with E-state index in [1.807, 2.05) is 44.2 Å². The predicted molar refractivity (Wildman–Crippen MR) is 97.3 cm³/mol. The summed E-state index contributed by atoms with van der Waals surface area (Å²) in [6.45, 7) is 4.06. The Labute approximate surface area is 143 Å². The molecule has 1 amide bonds. The smallest absolute Gasteiger partial charge is 0.257 e. The van der Waals surface area contributed by atoms with E-state index < -0.39 is 0 Å². The van der Waals surface area contributed by atoms with Crippen LogP contribution in [0.25, 0.3) is 0 Å². The number of carbonyl (C=O) groups is 1. The van der Waals surface area contributed by atoms with Gasteiger partial charge in [0.05, 0.1) is 16.3 Å². The maximum Gasteiger partial charge on any atom is 0.257 e. The molecule has 5 heteroatoms. The normalized spacial score (nSPS) is 10.5. The van der Waals surface area contributed by atoms with Crippen LogP contribution >= 0.6 is 34.2 Å². The van der Waals surface area contributed by atoms with Crippen LogP contribution in [0.15, 0.2) is 42.5 Å². The fourth-order valence-corrected chi connectivity index (χ4v) is 2.80. The number of rotatable bonds is 4. The predicted octanol–water partition coefficient (Wildman–Crippen LogP) is 5.02. The van der Waals surface area contributed by atoms with E-state index in [9.17, 15) is 4.79 Å². The van der Waals surface area contributed by atoms with Crippen molar-refractivity contribution in [1.82, 2.24) is 0 Å². The Morgan fingerprint density at radius 2 is 1.86 bits per heavy atom. The van der Waals surface area contributed by atoms with Crippen molar-refractivity contribution >= 4 is 51.5 Å². The van der Waals surface area contributed by atoms with Gasteiger partial charge >= 0.3 is 0 Å². The van der Waals surface area contributed by atoms with Crippen LogP contribution < -0.4 is 10.6 Å². The first-order chi connectivity index (χ1) is 9.97. The molecule has 3 nitrogen and oxygen atoms in total. The Bertz CT molecular complexity index is 658. The molecular formula is C16H16ClIN2O. The average molecular weight is 415 g/mol. The summed E-state index contributed by atoms with van der Waals surface area (Å²) in [5.41, 5.74) is 2.02. The lowest BCUT2D eigenvalue weighted by Gasteiger charge is -2.15. The van der Waals surface area contributed by atoms with E-state index in [0.29, 0.717) is 16.3 Å². The lowest BCUT2D eigenvalue weighted by atomic mass is 10.1. The van der Waals surface area contributed by atoms with Crippen molar-refractivity contribution in [2.24, 2.45) is 0 Å². The highest BCUT2D eigenvalue weighted by atomic mass is 127. The van der Waals surface area contributed by atoms with E-state index in [4.69, 9.17) is 11.6 Å². The van der Waals surface area contributed by atoms with Gasteiger partial charge in [-0.3, -0.25) is 4.79 Å². The van der Waals surface area contributed by atoms with E-state index in [0.717, 1.165) is 9.26 Å². The van der Waals surface area contributed by atoms with Crippen molar-refractivity contribution in [3.8, 4) is 0 Å². The summed E-state index contributed by atoms with van der Waals surface area (Å²) < 4.78 is 1.03. The van der Waals surface area contributed by atoms with Crippen molar-refractivity contribution < 1.29 is 4.79 Å². The van der Waals surface area contributed by atoms with Crippen molar-refractivity contribution in [2.45, 2.75) is 19.9 Å². The van der Waals surface area contributed by atoms with Crippen LogP contribution in [0.3, 0.4) is 0 Å². The van der Waals surface area contributed by atoms with E-state index >= 15 is 0 Å². The van der Waals surface area contributed by atoms with Crippen LogP contribution in [0.1, 0.15) is 24.2 Å². The quantitative estimate of drug-likeness (QED) is 0.690. The van der Waals surface area contributed by atoms with Gasteiger partial charge in [-0.2, -0.15) is 0 Å². The first kappa shape index (κ1) is 16.1. The Kier molecular flexibility index (Phi) is 5.47. The largest absolute Gasteiger partial charge is 0.382 e. The van der Waals surface area contributed by atoms with E-state index in [2.05, 4.69) is 33.2 Å². The molecule has 0 spiro atoms. The summed E-state index contributed by atoms with van der Waals surface area (Å²) in [5.74, 6) is -0.179. The number of hydrogen-bond acceptors (Lipinski definition) is 2. The maximum atomic E-state index is 12.4. The van der Waals surface area contributed by atoms with Crippen molar-refractivity contribution in [1.29, 1.82) is 0 Å². The SMILES string of the molecule is CC(C)Nc1ccccc1C(=O)Nc1ccc(I)cc1Cl. The minimum Gasteiger partial charge on any atom is -0.382 e. The Balaban J connectivity index is 2.24. The molecule has 0 saturated carbocycles. The molecule has 0 saturated heterocycles. The molecule has 0 aromatic heterocycles. The van der Waals surface area contributed by atoms with E-state index in [1.165, 1.54) is 0 Å². The Hall–Kier alpha value is -1.27.